The average Bonchev–Trinajstić information content (AvgIpc) is 3.13. The minimum absolute atomic E-state index is 0.0824. The van der Waals surface area contributed by atoms with Crippen LogP contribution in [0.2, 0.25) is 0 Å². The first kappa shape index (κ1) is 18.2. The maximum Gasteiger partial charge on any atom is 0.255 e. The van der Waals surface area contributed by atoms with Gasteiger partial charge in [-0.25, -0.2) is 4.98 Å². The fraction of sp³-hybridized carbons (Fsp3) is 0.526. The monoisotopic (exact) mass is 388 g/mol. The second kappa shape index (κ2) is 7.44. The fourth-order valence-electron chi connectivity index (χ4n) is 3.81. The summed E-state index contributed by atoms with van der Waals surface area (Å²) in [5, 5.41) is 1.98. The standard InChI is InChI=1S/C19H24N4O3S/c1-12-9-23(10-13(2)26-12)19-20-16-11-22(6-5-15(16)18(25)21-19)17(24)8-14-4-3-7-27-14/h3-4,7,12-13H,5-6,8-11H2,1-2H3,(H,20,21,25)/t12-,13-/m1/s1. The molecule has 7 nitrogen and oxygen atoms in total. The molecule has 2 aromatic rings. The summed E-state index contributed by atoms with van der Waals surface area (Å²) in [6, 6.07) is 3.93. The van der Waals surface area contributed by atoms with E-state index in [1.54, 1.807) is 11.3 Å². The predicted octanol–water partition coefficient (Wildman–Crippen LogP) is 1.57. The van der Waals surface area contributed by atoms with E-state index in [0.717, 1.165) is 4.88 Å². The number of ether oxygens (including phenoxy) is 1. The van der Waals surface area contributed by atoms with Gasteiger partial charge < -0.3 is 14.5 Å². The van der Waals surface area contributed by atoms with Crippen molar-refractivity contribution in [2.45, 2.75) is 45.4 Å². The van der Waals surface area contributed by atoms with Crippen molar-refractivity contribution in [1.29, 1.82) is 0 Å². The Kier molecular flexibility index (Phi) is 5.01. The number of rotatable bonds is 3. The molecule has 1 amide bonds. The topological polar surface area (TPSA) is 78.5 Å². The lowest BCUT2D eigenvalue weighted by Crippen LogP contribution is -2.47. The van der Waals surface area contributed by atoms with Crippen LogP contribution < -0.4 is 10.5 Å². The van der Waals surface area contributed by atoms with Crippen molar-refractivity contribution < 1.29 is 9.53 Å². The number of aromatic nitrogens is 2. The van der Waals surface area contributed by atoms with E-state index < -0.39 is 0 Å². The van der Waals surface area contributed by atoms with Crippen molar-refractivity contribution in [3.63, 3.8) is 0 Å². The van der Waals surface area contributed by atoms with Crippen LogP contribution in [0.4, 0.5) is 5.95 Å². The fourth-order valence-corrected chi connectivity index (χ4v) is 4.51. The molecule has 2 aromatic heterocycles. The molecule has 27 heavy (non-hydrogen) atoms. The molecule has 4 rings (SSSR count). The van der Waals surface area contributed by atoms with E-state index >= 15 is 0 Å². The summed E-state index contributed by atoms with van der Waals surface area (Å²) >= 11 is 1.59. The van der Waals surface area contributed by atoms with Gasteiger partial charge in [0.05, 0.1) is 30.9 Å². The molecule has 1 N–H and O–H groups in total. The smallest absolute Gasteiger partial charge is 0.255 e. The molecular weight excluding hydrogens is 364 g/mol. The normalized spacial score (nSPS) is 22.6. The van der Waals surface area contributed by atoms with Gasteiger partial charge in [0, 0.05) is 30.1 Å². The lowest BCUT2D eigenvalue weighted by molar-refractivity contribution is -0.131. The Morgan fingerprint density at radius 2 is 2.15 bits per heavy atom. The van der Waals surface area contributed by atoms with Crippen molar-refractivity contribution in [3.05, 3.63) is 44.0 Å². The highest BCUT2D eigenvalue weighted by Crippen LogP contribution is 2.21. The Bertz CT molecular complexity index is 870. The molecule has 1 saturated heterocycles. The van der Waals surface area contributed by atoms with Crippen molar-refractivity contribution in [2.75, 3.05) is 24.5 Å². The number of hydrogen-bond acceptors (Lipinski definition) is 6. The third kappa shape index (κ3) is 3.91. The number of hydrogen-bond donors (Lipinski definition) is 1. The zero-order valence-electron chi connectivity index (χ0n) is 15.6. The van der Waals surface area contributed by atoms with E-state index in [4.69, 9.17) is 9.72 Å². The Morgan fingerprint density at radius 1 is 1.37 bits per heavy atom. The quantitative estimate of drug-likeness (QED) is 0.864. The first-order valence-electron chi connectivity index (χ1n) is 9.32. The summed E-state index contributed by atoms with van der Waals surface area (Å²) in [5.41, 5.74) is 1.33. The third-order valence-electron chi connectivity index (χ3n) is 5.04. The van der Waals surface area contributed by atoms with E-state index in [1.807, 2.05) is 36.3 Å². The van der Waals surface area contributed by atoms with Crippen LogP contribution in [0.25, 0.3) is 0 Å². The Labute approximate surface area is 162 Å². The molecule has 2 atom stereocenters. The van der Waals surface area contributed by atoms with Gasteiger partial charge in [0.15, 0.2) is 0 Å². The molecule has 0 bridgehead atoms. The van der Waals surface area contributed by atoms with E-state index in [-0.39, 0.29) is 23.7 Å². The number of fused-ring (bicyclic) bond motifs is 1. The summed E-state index contributed by atoms with van der Waals surface area (Å²) in [6.07, 6.45) is 1.11. The number of anilines is 1. The van der Waals surface area contributed by atoms with Gasteiger partial charge in [0.25, 0.3) is 5.56 Å². The van der Waals surface area contributed by atoms with Gasteiger partial charge in [-0.05, 0) is 31.7 Å². The zero-order chi connectivity index (χ0) is 19.0. The number of aromatic amines is 1. The van der Waals surface area contributed by atoms with E-state index in [0.29, 0.717) is 56.2 Å². The number of carbonyl (C=O) groups excluding carboxylic acids is 1. The van der Waals surface area contributed by atoms with Crippen molar-refractivity contribution in [1.82, 2.24) is 14.9 Å². The SMILES string of the molecule is C[C@@H]1CN(c2nc3c(c(=O)[nH]2)CCN(C(=O)Cc2cccs2)C3)C[C@@H](C)O1. The van der Waals surface area contributed by atoms with Gasteiger partial charge in [0.2, 0.25) is 11.9 Å². The third-order valence-corrected chi connectivity index (χ3v) is 5.91. The number of nitrogens with zero attached hydrogens (tertiary/aromatic N) is 3. The Morgan fingerprint density at radius 3 is 2.85 bits per heavy atom. The minimum Gasteiger partial charge on any atom is -0.372 e. The first-order valence-corrected chi connectivity index (χ1v) is 10.2. The van der Waals surface area contributed by atoms with Crippen molar-refractivity contribution in [3.8, 4) is 0 Å². The molecule has 0 radical (unpaired) electrons. The molecule has 0 unspecified atom stereocenters. The maximum atomic E-state index is 12.6. The lowest BCUT2D eigenvalue weighted by atomic mass is 10.1. The second-order valence-electron chi connectivity index (χ2n) is 7.30. The lowest BCUT2D eigenvalue weighted by Gasteiger charge is -2.36. The van der Waals surface area contributed by atoms with Crippen LogP contribution in [-0.2, 0) is 28.9 Å². The van der Waals surface area contributed by atoms with Crippen LogP contribution in [0.3, 0.4) is 0 Å². The first-order chi connectivity index (χ1) is 13.0. The highest BCUT2D eigenvalue weighted by molar-refractivity contribution is 7.10. The molecule has 8 heteroatoms. The van der Waals surface area contributed by atoms with Crippen molar-refractivity contribution in [2.24, 2.45) is 0 Å². The number of H-pyrrole nitrogens is 1. The van der Waals surface area contributed by atoms with Crippen LogP contribution in [-0.4, -0.2) is 52.6 Å². The van der Waals surface area contributed by atoms with Crippen LogP contribution in [0, 0.1) is 0 Å². The second-order valence-corrected chi connectivity index (χ2v) is 8.33. The largest absolute Gasteiger partial charge is 0.372 e. The van der Waals surface area contributed by atoms with Gasteiger partial charge in [-0.3, -0.25) is 14.6 Å². The number of morpholine rings is 1. The van der Waals surface area contributed by atoms with Crippen LogP contribution in [0.5, 0.6) is 0 Å². The summed E-state index contributed by atoms with van der Waals surface area (Å²) in [5.74, 6) is 0.661. The molecule has 0 aliphatic carbocycles. The highest BCUT2D eigenvalue weighted by Gasteiger charge is 2.28. The van der Waals surface area contributed by atoms with Gasteiger partial charge in [0.1, 0.15) is 0 Å². The molecule has 1 fully saturated rings. The summed E-state index contributed by atoms with van der Waals surface area (Å²) in [7, 11) is 0. The minimum atomic E-state index is -0.0906. The molecule has 0 spiro atoms. The predicted molar refractivity (Wildman–Crippen MR) is 104 cm³/mol. The number of nitrogens with one attached hydrogen (secondary N) is 1. The summed E-state index contributed by atoms with van der Waals surface area (Å²) in [4.78, 5) is 37.8. The van der Waals surface area contributed by atoms with E-state index in [9.17, 15) is 9.59 Å². The molecule has 144 valence electrons. The highest BCUT2D eigenvalue weighted by atomic mass is 32.1. The summed E-state index contributed by atoms with van der Waals surface area (Å²) < 4.78 is 5.77. The molecule has 0 aromatic carbocycles. The molecule has 0 saturated carbocycles. The molecular formula is C19H24N4O3S. The van der Waals surface area contributed by atoms with Gasteiger partial charge >= 0.3 is 0 Å². The van der Waals surface area contributed by atoms with E-state index in [2.05, 4.69) is 9.88 Å². The Hall–Kier alpha value is -2.19. The summed E-state index contributed by atoms with van der Waals surface area (Å²) in [6.45, 7) is 6.37. The average molecular weight is 388 g/mol. The van der Waals surface area contributed by atoms with Crippen molar-refractivity contribution >= 4 is 23.2 Å². The Balaban J connectivity index is 1.54. The number of carbonyl (C=O) groups is 1. The number of thiophene rings is 1. The maximum absolute atomic E-state index is 12.6. The zero-order valence-corrected chi connectivity index (χ0v) is 16.4. The van der Waals surface area contributed by atoms with Crippen LogP contribution in [0.1, 0.15) is 30.0 Å². The van der Waals surface area contributed by atoms with E-state index in [1.165, 1.54) is 0 Å². The van der Waals surface area contributed by atoms with Gasteiger partial charge in [-0.1, -0.05) is 6.07 Å². The molecule has 2 aliphatic rings. The van der Waals surface area contributed by atoms with Gasteiger partial charge in [-0.2, -0.15) is 0 Å². The molecule has 4 heterocycles. The molecule has 2 aliphatic heterocycles. The van der Waals surface area contributed by atoms with Crippen LogP contribution >= 0.6 is 11.3 Å². The number of amides is 1. The van der Waals surface area contributed by atoms with Gasteiger partial charge in [-0.15, -0.1) is 11.3 Å². The van der Waals surface area contributed by atoms with Crippen LogP contribution in [0.15, 0.2) is 22.3 Å².